The van der Waals surface area contributed by atoms with Gasteiger partial charge in [-0.1, -0.05) is 47.5 Å². The number of rotatable bonds is 5. The molecule has 2 aliphatic carbocycles. The molecule has 5 heteroatoms. The Morgan fingerprint density at radius 2 is 1.84 bits per heavy atom. The zero-order valence-corrected chi connectivity index (χ0v) is 22.3. The highest BCUT2D eigenvalue weighted by Crippen LogP contribution is 2.54. The van der Waals surface area contributed by atoms with E-state index in [9.17, 15) is 4.79 Å². The number of carbonyl (C=O) groups excluding carboxylic acids is 1. The zero-order valence-electron chi connectivity index (χ0n) is 21.3. The number of hydrogen-bond donors (Lipinski definition) is 0. The minimum absolute atomic E-state index is 0.0182. The minimum Gasteiger partial charge on any atom is -0.462 e. The molecule has 4 nitrogen and oxygen atoms in total. The van der Waals surface area contributed by atoms with Crippen LogP contribution in [0.4, 0.5) is 0 Å². The van der Waals surface area contributed by atoms with Gasteiger partial charge in [0.2, 0.25) is 0 Å². The summed E-state index contributed by atoms with van der Waals surface area (Å²) in [6, 6.07) is 0. The van der Waals surface area contributed by atoms with E-state index in [4.69, 9.17) is 14.1 Å². The van der Waals surface area contributed by atoms with Crippen molar-refractivity contribution < 1.29 is 14.0 Å². The molecule has 1 fully saturated rings. The highest BCUT2D eigenvalue weighted by Gasteiger charge is 2.47. The summed E-state index contributed by atoms with van der Waals surface area (Å²) in [5.74, 6) is -0.0733. The molecule has 0 N–H and O–H groups in total. The summed E-state index contributed by atoms with van der Waals surface area (Å²) in [6.45, 7) is 20.1. The Balaban J connectivity index is 2.18. The number of carbonyl (C=O) groups is 1. The van der Waals surface area contributed by atoms with Gasteiger partial charge in [-0.3, -0.25) is 4.98 Å². The molecule has 31 heavy (non-hydrogen) atoms. The van der Waals surface area contributed by atoms with E-state index in [2.05, 4.69) is 54.6 Å². The smallest absolute Gasteiger partial charge is 0.340 e. The summed E-state index contributed by atoms with van der Waals surface area (Å²) in [6.07, 6.45) is 7.23. The molecule has 1 aromatic rings. The summed E-state index contributed by atoms with van der Waals surface area (Å²) in [7, 11) is -1.99. The van der Waals surface area contributed by atoms with Crippen LogP contribution in [0.15, 0.2) is 0 Å². The molecule has 174 valence electrons. The van der Waals surface area contributed by atoms with Crippen LogP contribution in [0.2, 0.25) is 18.1 Å². The van der Waals surface area contributed by atoms with Gasteiger partial charge in [-0.2, -0.15) is 0 Å². The van der Waals surface area contributed by atoms with Crippen molar-refractivity contribution in [2.45, 2.75) is 117 Å². The standard InChI is InChI=1S/C26H43NO3Si/c1-10-29-24(28)22-18(4)21-19(27-23(22)17(2)3)15-26(13-11-12-14-26)16-20(21)30-31(8,9)25(5,6)7/h17,20H,10-16H2,1-9H3. The summed E-state index contributed by atoms with van der Waals surface area (Å²) in [5, 5.41) is 0.136. The fourth-order valence-electron chi connectivity index (χ4n) is 5.31. The van der Waals surface area contributed by atoms with Gasteiger partial charge in [0.15, 0.2) is 8.32 Å². The SMILES string of the molecule is CCOC(=O)c1c(C(C)C)nc2c(c1C)C(O[Si](C)(C)C(C)(C)C)CC1(CCCC1)C2. The van der Waals surface area contributed by atoms with E-state index >= 15 is 0 Å². The van der Waals surface area contributed by atoms with Crippen LogP contribution in [0.1, 0.15) is 119 Å². The number of fused-ring (bicyclic) bond motifs is 1. The number of hydrogen-bond acceptors (Lipinski definition) is 4. The highest BCUT2D eigenvalue weighted by molar-refractivity contribution is 6.74. The fourth-order valence-corrected chi connectivity index (χ4v) is 6.57. The summed E-state index contributed by atoms with van der Waals surface area (Å²) < 4.78 is 12.5. The van der Waals surface area contributed by atoms with E-state index in [1.165, 1.54) is 36.9 Å². The number of ether oxygens (including phenoxy) is 1. The Kier molecular flexibility index (Phi) is 6.80. The first-order valence-electron chi connectivity index (χ1n) is 12.2. The minimum atomic E-state index is -1.99. The highest BCUT2D eigenvalue weighted by atomic mass is 28.4. The Morgan fingerprint density at radius 3 is 2.35 bits per heavy atom. The first kappa shape index (κ1) is 24.4. The Hall–Kier alpha value is -1.20. The van der Waals surface area contributed by atoms with Crippen LogP contribution in [0.5, 0.6) is 0 Å². The maximum absolute atomic E-state index is 13.0. The molecule has 0 aromatic carbocycles. The maximum atomic E-state index is 13.0. The number of nitrogens with zero attached hydrogens (tertiary/aromatic N) is 1. The quantitative estimate of drug-likeness (QED) is 0.353. The number of esters is 1. The Labute approximate surface area is 190 Å². The monoisotopic (exact) mass is 445 g/mol. The lowest BCUT2D eigenvalue weighted by atomic mass is 9.69. The second-order valence-electron chi connectivity index (χ2n) is 11.7. The van der Waals surface area contributed by atoms with E-state index in [1.54, 1.807) is 0 Å². The molecule has 1 atom stereocenters. The van der Waals surface area contributed by atoms with Gasteiger partial charge in [-0.05, 0) is 74.6 Å². The molecule has 0 bridgehead atoms. The van der Waals surface area contributed by atoms with Crippen LogP contribution in [0.3, 0.4) is 0 Å². The second kappa shape index (κ2) is 8.62. The normalized spacial score (nSPS) is 20.9. The average Bonchev–Trinajstić information content (AvgIpc) is 3.07. The second-order valence-corrected chi connectivity index (χ2v) is 16.4. The van der Waals surface area contributed by atoms with Crippen molar-refractivity contribution in [3.05, 3.63) is 28.1 Å². The predicted octanol–water partition coefficient (Wildman–Crippen LogP) is 7.26. The third kappa shape index (κ3) is 4.63. The molecule has 2 aliphatic rings. The van der Waals surface area contributed by atoms with Gasteiger partial charge in [0.05, 0.1) is 24.0 Å². The molecule has 0 amide bonds. The summed E-state index contributed by atoms with van der Waals surface area (Å²) in [4.78, 5) is 18.2. The molecule has 1 heterocycles. The topological polar surface area (TPSA) is 48.4 Å². The van der Waals surface area contributed by atoms with Crippen LogP contribution in [0, 0.1) is 12.3 Å². The molecule has 1 unspecified atom stereocenters. The molecule has 1 saturated carbocycles. The van der Waals surface area contributed by atoms with Crippen LogP contribution >= 0.6 is 0 Å². The lowest BCUT2D eigenvalue weighted by Gasteiger charge is -2.45. The first-order chi connectivity index (χ1) is 14.3. The van der Waals surface area contributed by atoms with Crippen LogP contribution in [0.25, 0.3) is 0 Å². The van der Waals surface area contributed by atoms with Crippen molar-refractivity contribution in [3.8, 4) is 0 Å². The van der Waals surface area contributed by atoms with Gasteiger partial charge in [-0.25, -0.2) is 4.79 Å². The Bertz CT molecular complexity index is 832. The predicted molar refractivity (Wildman–Crippen MR) is 129 cm³/mol. The van der Waals surface area contributed by atoms with E-state index in [1.807, 2.05) is 6.92 Å². The van der Waals surface area contributed by atoms with Gasteiger partial charge in [0.25, 0.3) is 0 Å². The third-order valence-electron chi connectivity index (χ3n) is 8.02. The molecule has 0 aliphatic heterocycles. The molecular weight excluding hydrogens is 402 g/mol. The fraction of sp³-hybridized carbons (Fsp3) is 0.769. The van der Waals surface area contributed by atoms with Crippen LogP contribution in [-0.4, -0.2) is 25.9 Å². The van der Waals surface area contributed by atoms with Crippen molar-refractivity contribution >= 4 is 14.3 Å². The van der Waals surface area contributed by atoms with Crippen LogP contribution in [-0.2, 0) is 15.6 Å². The Morgan fingerprint density at radius 1 is 1.23 bits per heavy atom. The molecule has 1 aromatic heterocycles. The van der Waals surface area contributed by atoms with Crippen molar-refractivity contribution in [3.63, 3.8) is 0 Å². The van der Waals surface area contributed by atoms with Crippen molar-refractivity contribution in [1.82, 2.24) is 4.98 Å². The lowest BCUT2D eigenvalue weighted by molar-refractivity contribution is 0.0521. The first-order valence-corrected chi connectivity index (χ1v) is 15.1. The lowest BCUT2D eigenvalue weighted by Crippen LogP contribution is -2.44. The molecular formula is C26H43NO3Si. The van der Waals surface area contributed by atoms with Gasteiger partial charge >= 0.3 is 5.97 Å². The summed E-state index contributed by atoms with van der Waals surface area (Å²) in [5.41, 5.74) is 5.24. The zero-order chi connectivity index (χ0) is 23.2. The van der Waals surface area contributed by atoms with E-state index in [-0.39, 0.29) is 23.0 Å². The summed E-state index contributed by atoms with van der Waals surface area (Å²) >= 11 is 0. The largest absolute Gasteiger partial charge is 0.462 e. The van der Waals surface area contributed by atoms with E-state index < -0.39 is 8.32 Å². The number of pyridine rings is 1. The molecule has 0 radical (unpaired) electrons. The van der Waals surface area contributed by atoms with Crippen LogP contribution < -0.4 is 0 Å². The average molecular weight is 446 g/mol. The van der Waals surface area contributed by atoms with E-state index in [0.29, 0.717) is 17.6 Å². The van der Waals surface area contributed by atoms with Gasteiger partial charge in [0, 0.05) is 11.3 Å². The van der Waals surface area contributed by atoms with Crippen molar-refractivity contribution in [2.75, 3.05) is 6.61 Å². The van der Waals surface area contributed by atoms with Gasteiger partial charge in [-0.15, -0.1) is 0 Å². The van der Waals surface area contributed by atoms with E-state index in [0.717, 1.165) is 24.1 Å². The third-order valence-corrected chi connectivity index (χ3v) is 12.5. The van der Waals surface area contributed by atoms with Crippen molar-refractivity contribution in [2.24, 2.45) is 5.41 Å². The van der Waals surface area contributed by atoms with Gasteiger partial charge < -0.3 is 9.16 Å². The van der Waals surface area contributed by atoms with Gasteiger partial charge in [0.1, 0.15) is 0 Å². The number of aromatic nitrogens is 1. The maximum Gasteiger partial charge on any atom is 0.340 e. The molecule has 0 saturated heterocycles. The molecule has 3 rings (SSSR count). The van der Waals surface area contributed by atoms with Crippen molar-refractivity contribution in [1.29, 1.82) is 0 Å². The molecule has 1 spiro atoms.